The van der Waals surface area contributed by atoms with Crippen LogP contribution in [0.1, 0.15) is 75.2 Å². The van der Waals surface area contributed by atoms with E-state index in [0.717, 1.165) is 32.1 Å². The van der Waals surface area contributed by atoms with Crippen molar-refractivity contribution in [1.82, 2.24) is 9.80 Å². The number of benzene rings is 1. The van der Waals surface area contributed by atoms with E-state index in [1.54, 1.807) is 24.0 Å². The first-order valence-corrected chi connectivity index (χ1v) is 10.7. The summed E-state index contributed by atoms with van der Waals surface area (Å²) in [6.07, 6.45) is 5.68. The van der Waals surface area contributed by atoms with Gasteiger partial charge in [0.05, 0.1) is 6.04 Å². The fourth-order valence-corrected chi connectivity index (χ4v) is 4.43. The normalized spacial score (nSPS) is 20.6. The van der Waals surface area contributed by atoms with E-state index >= 15 is 0 Å². The number of hydrogen-bond acceptors (Lipinski definition) is 3. The highest BCUT2D eigenvalue weighted by atomic mass is 19.1. The number of carbonyl (C=O) groups is 2. The maximum absolute atomic E-state index is 14.1. The molecule has 2 amide bonds. The Balaban J connectivity index is 1.82. The van der Waals surface area contributed by atoms with Crippen molar-refractivity contribution in [3.8, 4) is 0 Å². The number of amides is 2. The number of carbonyl (C=O) groups excluding carboxylic acids is 2. The van der Waals surface area contributed by atoms with Crippen LogP contribution in [0.3, 0.4) is 0 Å². The van der Waals surface area contributed by atoms with E-state index in [0.29, 0.717) is 24.2 Å². The molecule has 0 unspecified atom stereocenters. The second-order valence-corrected chi connectivity index (χ2v) is 9.29. The summed E-state index contributed by atoms with van der Waals surface area (Å²) in [7, 11) is 0. The van der Waals surface area contributed by atoms with Gasteiger partial charge < -0.3 is 14.5 Å². The van der Waals surface area contributed by atoms with Gasteiger partial charge in [-0.25, -0.2) is 9.18 Å². The zero-order valence-electron chi connectivity index (χ0n) is 18.0. The molecule has 160 valence electrons. The minimum absolute atomic E-state index is 0.0687. The average Bonchev–Trinajstić information content (AvgIpc) is 3.13. The van der Waals surface area contributed by atoms with Gasteiger partial charge in [0.15, 0.2) is 0 Å². The Morgan fingerprint density at radius 1 is 1.10 bits per heavy atom. The van der Waals surface area contributed by atoms with Gasteiger partial charge in [-0.15, -0.1) is 0 Å². The van der Waals surface area contributed by atoms with Gasteiger partial charge in [0, 0.05) is 24.7 Å². The minimum atomic E-state index is -0.549. The van der Waals surface area contributed by atoms with Crippen LogP contribution in [0.15, 0.2) is 18.2 Å². The van der Waals surface area contributed by atoms with Gasteiger partial charge in [-0.3, -0.25) is 4.79 Å². The van der Waals surface area contributed by atoms with E-state index < -0.39 is 5.60 Å². The smallest absolute Gasteiger partial charge is 0.410 e. The van der Waals surface area contributed by atoms with Crippen molar-refractivity contribution in [3.05, 3.63) is 35.1 Å². The van der Waals surface area contributed by atoms with E-state index in [4.69, 9.17) is 4.74 Å². The number of halogens is 1. The molecule has 1 heterocycles. The quantitative estimate of drug-likeness (QED) is 0.719. The molecule has 0 radical (unpaired) electrons. The molecule has 1 aromatic carbocycles. The highest BCUT2D eigenvalue weighted by Crippen LogP contribution is 2.30. The van der Waals surface area contributed by atoms with Crippen LogP contribution in [0.25, 0.3) is 0 Å². The first kappa shape index (κ1) is 21.6. The summed E-state index contributed by atoms with van der Waals surface area (Å²) >= 11 is 0. The van der Waals surface area contributed by atoms with Gasteiger partial charge in [-0.1, -0.05) is 25.3 Å². The Morgan fingerprint density at radius 3 is 2.45 bits per heavy atom. The van der Waals surface area contributed by atoms with Crippen molar-refractivity contribution in [1.29, 1.82) is 0 Å². The zero-order valence-corrected chi connectivity index (χ0v) is 18.0. The van der Waals surface area contributed by atoms with Crippen LogP contribution in [-0.2, 0) is 4.74 Å². The van der Waals surface area contributed by atoms with Crippen LogP contribution >= 0.6 is 0 Å². The van der Waals surface area contributed by atoms with Gasteiger partial charge in [0.25, 0.3) is 5.91 Å². The molecule has 1 aromatic rings. The lowest BCUT2D eigenvalue weighted by molar-refractivity contribution is 0.0257. The maximum Gasteiger partial charge on any atom is 0.410 e. The van der Waals surface area contributed by atoms with Gasteiger partial charge in [-0.2, -0.15) is 0 Å². The summed E-state index contributed by atoms with van der Waals surface area (Å²) in [6.45, 7) is 8.24. The molecule has 1 saturated heterocycles. The number of ether oxygens (including phenoxy) is 1. The summed E-state index contributed by atoms with van der Waals surface area (Å²) in [5, 5.41) is 0. The van der Waals surface area contributed by atoms with Gasteiger partial charge in [-0.05, 0) is 64.7 Å². The second-order valence-electron chi connectivity index (χ2n) is 9.29. The molecule has 1 atom stereocenters. The van der Waals surface area contributed by atoms with Crippen molar-refractivity contribution >= 4 is 12.0 Å². The molecule has 0 N–H and O–H groups in total. The molecule has 0 spiro atoms. The van der Waals surface area contributed by atoms with Gasteiger partial charge in [0.1, 0.15) is 11.4 Å². The van der Waals surface area contributed by atoms with E-state index in [-0.39, 0.29) is 29.9 Å². The Hall–Kier alpha value is -2.11. The molecule has 0 bridgehead atoms. The molecule has 1 aliphatic carbocycles. The summed E-state index contributed by atoms with van der Waals surface area (Å²) < 4.78 is 19.6. The van der Waals surface area contributed by atoms with Crippen molar-refractivity contribution in [2.24, 2.45) is 0 Å². The number of nitrogens with zero attached hydrogens (tertiary/aromatic N) is 2. The van der Waals surface area contributed by atoms with Crippen molar-refractivity contribution in [3.63, 3.8) is 0 Å². The molecule has 29 heavy (non-hydrogen) atoms. The molecule has 0 aromatic heterocycles. The lowest BCUT2D eigenvalue weighted by Gasteiger charge is -2.39. The topological polar surface area (TPSA) is 49.9 Å². The second kappa shape index (κ2) is 8.72. The third-order valence-electron chi connectivity index (χ3n) is 5.91. The Kier molecular flexibility index (Phi) is 6.49. The Labute approximate surface area is 173 Å². The molecule has 6 heteroatoms. The van der Waals surface area contributed by atoms with Crippen LogP contribution in [0.2, 0.25) is 0 Å². The lowest BCUT2D eigenvalue weighted by Crippen LogP contribution is -2.49. The van der Waals surface area contributed by atoms with E-state index in [1.807, 2.05) is 25.7 Å². The number of rotatable bonds is 3. The van der Waals surface area contributed by atoms with Crippen molar-refractivity contribution < 1.29 is 18.7 Å². The summed E-state index contributed by atoms with van der Waals surface area (Å²) in [4.78, 5) is 29.7. The van der Waals surface area contributed by atoms with Crippen LogP contribution in [-0.4, -0.2) is 52.6 Å². The Morgan fingerprint density at radius 2 is 1.79 bits per heavy atom. The molecule has 1 saturated carbocycles. The highest BCUT2D eigenvalue weighted by Gasteiger charge is 2.39. The number of hydrogen-bond donors (Lipinski definition) is 0. The predicted octanol–water partition coefficient (Wildman–Crippen LogP) is 4.92. The van der Waals surface area contributed by atoms with Gasteiger partial charge in [0.2, 0.25) is 0 Å². The molecule has 5 nitrogen and oxygen atoms in total. The van der Waals surface area contributed by atoms with Crippen LogP contribution in [0.4, 0.5) is 9.18 Å². The minimum Gasteiger partial charge on any atom is -0.444 e. The van der Waals surface area contributed by atoms with Crippen molar-refractivity contribution in [2.75, 3.05) is 13.1 Å². The average molecular weight is 405 g/mol. The monoisotopic (exact) mass is 404 g/mol. The third-order valence-corrected chi connectivity index (χ3v) is 5.91. The van der Waals surface area contributed by atoms with E-state index in [2.05, 4.69) is 0 Å². The third kappa shape index (κ3) is 5.09. The number of likely N-dealkylation sites (tertiary alicyclic amines) is 1. The van der Waals surface area contributed by atoms with Gasteiger partial charge >= 0.3 is 6.09 Å². The van der Waals surface area contributed by atoms with Crippen molar-refractivity contribution in [2.45, 2.75) is 83.9 Å². The zero-order chi connectivity index (χ0) is 21.2. The fourth-order valence-electron chi connectivity index (χ4n) is 4.43. The molecule has 2 fully saturated rings. The fraction of sp³-hybridized carbons (Fsp3) is 0.652. The van der Waals surface area contributed by atoms with Crippen LogP contribution in [0.5, 0.6) is 0 Å². The molecular formula is C23H33FN2O3. The summed E-state index contributed by atoms with van der Waals surface area (Å²) in [6, 6.07) is 4.76. The standard InChI is InChI=1S/C23H33FN2O3/c1-16-19(11-8-12-20(16)24)21(27)26(17-9-6-5-7-10-17)18-13-14-25(15-18)22(28)29-23(2,3)4/h8,11-12,17-18H,5-7,9-10,13-15H2,1-4H3/t18-/m0/s1. The van der Waals surface area contributed by atoms with Crippen LogP contribution in [0, 0.1) is 12.7 Å². The highest BCUT2D eigenvalue weighted by molar-refractivity contribution is 5.96. The lowest BCUT2D eigenvalue weighted by atomic mass is 9.92. The summed E-state index contributed by atoms with van der Waals surface area (Å²) in [5.41, 5.74) is 0.263. The van der Waals surface area contributed by atoms with Crippen LogP contribution < -0.4 is 0 Å². The molecular weight excluding hydrogens is 371 g/mol. The molecule has 1 aliphatic heterocycles. The molecule has 2 aliphatic rings. The SMILES string of the molecule is Cc1c(F)cccc1C(=O)N(C1CCCCC1)[C@H]1CCN(C(=O)OC(C)(C)C)C1. The maximum atomic E-state index is 14.1. The largest absolute Gasteiger partial charge is 0.444 e. The first-order chi connectivity index (χ1) is 13.7. The van der Waals surface area contributed by atoms with E-state index in [1.165, 1.54) is 12.5 Å². The van der Waals surface area contributed by atoms with E-state index in [9.17, 15) is 14.0 Å². The molecule has 3 rings (SSSR count). The summed E-state index contributed by atoms with van der Waals surface area (Å²) in [5.74, 6) is -0.480. The predicted molar refractivity (Wildman–Crippen MR) is 110 cm³/mol. The Bertz CT molecular complexity index is 753. The first-order valence-electron chi connectivity index (χ1n) is 10.7.